The van der Waals surface area contributed by atoms with Crippen molar-refractivity contribution in [2.24, 2.45) is 0 Å². The van der Waals surface area contributed by atoms with E-state index in [1.807, 2.05) is 39.0 Å². The third kappa shape index (κ3) is 3.65. The lowest BCUT2D eigenvalue weighted by Crippen LogP contribution is -2.26. The molecule has 0 amide bonds. The zero-order valence-corrected chi connectivity index (χ0v) is 19.1. The second kappa shape index (κ2) is 7.72. The number of nitrogens with zero attached hydrogens (tertiary/aromatic N) is 1. The first kappa shape index (κ1) is 22.2. The van der Waals surface area contributed by atoms with E-state index in [4.69, 9.17) is 4.98 Å². The molecule has 1 aromatic heterocycles. The fraction of sp³-hybridized carbons (Fsp3) is 0.296. The van der Waals surface area contributed by atoms with Gasteiger partial charge in [-0.1, -0.05) is 24.3 Å². The number of benzene rings is 2. The number of Topliss-reactive ketones (excluding diaryl/α,β-unsaturated/α-hetero) is 1. The number of pyridine rings is 1. The third-order valence-corrected chi connectivity index (χ3v) is 6.81. The van der Waals surface area contributed by atoms with Crippen molar-refractivity contribution in [1.82, 2.24) is 4.98 Å². The van der Waals surface area contributed by atoms with Crippen LogP contribution in [0.25, 0.3) is 11.3 Å². The molecule has 174 valence electrons. The lowest BCUT2D eigenvalue weighted by Gasteiger charge is -2.17. The van der Waals surface area contributed by atoms with Gasteiger partial charge in [0.2, 0.25) is 0 Å². The van der Waals surface area contributed by atoms with Crippen LogP contribution in [-0.2, 0) is 16.6 Å². The third-order valence-electron chi connectivity index (χ3n) is 6.81. The molecule has 34 heavy (non-hydrogen) atoms. The van der Waals surface area contributed by atoms with E-state index < -0.39 is 11.7 Å². The standard InChI is InChI=1S/C27H23F2NO4/c1-15-4-6-18(14-31)17(3)24(15)25-16(2)5-8-20(30-25)13-23(32)26(10-11-26)19-7-9-21-22(12-19)34-27(28,29)33-21/h4-9,12,14H,10-11,13H2,1-3H3. The SMILES string of the molecule is Cc1ccc(CC(=O)C2(c3ccc4c(c3)OC(F)(F)O4)CC2)nc1-c1c(C)ccc(C=O)c1C. The molecule has 7 heteroatoms. The lowest BCUT2D eigenvalue weighted by atomic mass is 9.88. The zero-order valence-electron chi connectivity index (χ0n) is 19.1. The number of rotatable bonds is 6. The molecule has 5 rings (SSSR count). The largest absolute Gasteiger partial charge is 0.586 e. The van der Waals surface area contributed by atoms with Crippen LogP contribution in [0.3, 0.4) is 0 Å². The first-order valence-electron chi connectivity index (χ1n) is 11.1. The molecule has 5 nitrogen and oxygen atoms in total. The van der Waals surface area contributed by atoms with Crippen LogP contribution in [0.4, 0.5) is 8.78 Å². The molecule has 2 aromatic carbocycles. The van der Waals surface area contributed by atoms with Gasteiger partial charge < -0.3 is 9.47 Å². The van der Waals surface area contributed by atoms with Gasteiger partial charge in [0.1, 0.15) is 12.1 Å². The molecule has 0 saturated heterocycles. The predicted octanol–water partition coefficient (Wildman–Crippen LogP) is 5.65. The lowest BCUT2D eigenvalue weighted by molar-refractivity contribution is -0.286. The molecule has 0 bridgehead atoms. The Morgan fingerprint density at radius 2 is 1.71 bits per heavy atom. The summed E-state index contributed by atoms with van der Waals surface area (Å²) < 4.78 is 35.8. The molecule has 1 saturated carbocycles. The highest BCUT2D eigenvalue weighted by Gasteiger charge is 2.52. The van der Waals surface area contributed by atoms with E-state index in [9.17, 15) is 18.4 Å². The van der Waals surface area contributed by atoms with Crippen LogP contribution >= 0.6 is 0 Å². The van der Waals surface area contributed by atoms with Crippen molar-refractivity contribution in [2.45, 2.75) is 51.7 Å². The summed E-state index contributed by atoms with van der Waals surface area (Å²) in [5.41, 5.74) is 5.59. The van der Waals surface area contributed by atoms with Gasteiger partial charge in [-0.25, -0.2) is 0 Å². The fourth-order valence-corrected chi connectivity index (χ4v) is 4.71. The number of halogens is 2. The highest BCUT2D eigenvalue weighted by molar-refractivity contribution is 5.94. The summed E-state index contributed by atoms with van der Waals surface area (Å²) in [7, 11) is 0. The molecule has 3 aromatic rings. The van der Waals surface area contributed by atoms with E-state index in [2.05, 4.69) is 9.47 Å². The van der Waals surface area contributed by atoms with Crippen LogP contribution in [0.5, 0.6) is 11.5 Å². The van der Waals surface area contributed by atoms with E-state index in [-0.39, 0.29) is 23.7 Å². The van der Waals surface area contributed by atoms with Crippen LogP contribution in [-0.4, -0.2) is 23.3 Å². The second-order valence-electron chi connectivity index (χ2n) is 9.07. The molecule has 1 aliphatic carbocycles. The number of carbonyl (C=O) groups excluding carboxylic acids is 2. The maximum atomic E-state index is 13.4. The summed E-state index contributed by atoms with van der Waals surface area (Å²) in [5.74, 6) is -0.112. The minimum Gasteiger partial charge on any atom is -0.395 e. The van der Waals surface area contributed by atoms with Crippen molar-refractivity contribution in [3.63, 3.8) is 0 Å². The maximum Gasteiger partial charge on any atom is 0.586 e. The summed E-state index contributed by atoms with van der Waals surface area (Å²) in [5, 5.41) is 0. The van der Waals surface area contributed by atoms with Crippen molar-refractivity contribution in [3.8, 4) is 22.8 Å². The van der Waals surface area contributed by atoms with E-state index in [0.717, 1.165) is 34.2 Å². The topological polar surface area (TPSA) is 65.5 Å². The van der Waals surface area contributed by atoms with Gasteiger partial charge in [-0.05, 0) is 74.1 Å². The minimum atomic E-state index is -3.69. The Morgan fingerprint density at radius 1 is 1.00 bits per heavy atom. The summed E-state index contributed by atoms with van der Waals surface area (Å²) in [6.07, 6.45) is -1.47. The molecule has 0 atom stereocenters. The molecule has 0 spiro atoms. The minimum absolute atomic E-state index is 0.0180. The predicted molar refractivity (Wildman–Crippen MR) is 122 cm³/mol. The Hall–Kier alpha value is -3.61. The summed E-state index contributed by atoms with van der Waals surface area (Å²) in [6.45, 7) is 5.82. The van der Waals surface area contributed by atoms with Gasteiger partial charge >= 0.3 is 6.29 Å². The number of ketones is 1. The Morgan fingerprint density at radius 3 is 2.41 bits per heavy atom. The Balaban J connectivity index is 1.45. The fourth-order valence-electron chi connectivity index (χ4n) is 4.71. The number of fused-ring (bicyclic) bond motifs is 1. The Labute approximate surface area is 195 Å². The maximum absolute atomic E-state index is 13.4. The molecular formula is C27H23F2NO4. The van der Waals surface area contributed by atoms with Gasteiger partial charge in [0, 0.05) is 23.2 Å². The van der Waals surface area contributed by atoms with Gasteiger partial charge in [-0.3, -0.25) is 14.6 Å². The molecular weight excluding hydrogens is 440 g/mol. The number of hydrogen-bond acceptors (Lipinski definition) is 5. The average Bonchev–Trinajstić information content (AvgIpc) is 3.53. The van der Waals surface area contributed by atoms with Crippen molar-refractivity contribution in [3.05, 3.63) is 76.0 Å². The van der Waals surface area contributed by atoms with Crippen molar-refractivity contribution < 1.29 is 27.8 Å². The van der Waals surface area contributed by atoms with Gasteiger partial charge in [-0.2, -0.15) is 0 Å². The van der Waals surface area contributed by atoms with Crippen molar-refractivity contribution in [1.29, 1.82) is 0 Å². The van der Waals surface area contributed by atoms with E-state index in [1.165, 1.54) is 12.1 Å². The highest BCUT2D eigenvalue weighted by atomic mass is 19.3. The van der Waals surface area contributed by atoms with Crippen LogP contribution < -0.4 is 9.47 Å². The molecule has 2 aliphatic rings. The number of aryl methyl sites for hydroxylation is 2. The van der Waals surface area contributed by atoms with Gasteiger partial charge in [0.15, 0.2) is 11.5 Å². The average molecular weight is 463 g/mol. The zero-order chi connectivity index (χ0) is 24.3. The number of ether oxygens (including phenoxy) is 2. The van der Waals surface area contributed by atoms with Crippen molar-refractivity contribution >= 4 is 12.1 Å². The van der Waals surface area contributed by atoms with Gasteiger partial charge in [0.25, 0.3) is 0 Å². The Bertz CT molecular complexity index is 1340. The van der Waals surface area contributed by atoms with E-state index in [1.54, 1.807) is 12.1 Å². The summed E-state index contributed by atoms with van der Waals surface area (Å²) in [4.78, 5) is 29.7. The normalized spacial score (nSPS) is 16.9. The number of carbonyl (C=O) groups is 2. The number of alkyl halides is 2. The van der Waals surface area contributed by atoms with Gasteiger partial charge in [-0.15, -0.1) is 8.78 Å². The van der Waals surface area contributed by atoms with E-state index in [0.29, 0.717) is 29.7 Å². The van der Waals surface area contributed by atoms with Crippen LogP contribution in [0.15, 0.2) is 42.5 Å². The molecule has 1 fully saturated rings. The quantitative estimate of drug-likeness (QED) is 0.442. The molecule has 0 unspecified atom stereocenters. The smallest absolute Gasteiger partial charge is 0.395 e. The molecule has 2 heterocycles. The molecule has 1 aliphatic heterocycles. The number of aldehydes is 1. The van der Waals surface area contributed by atoms with Crippen molar-refractivity contribution in [2.75, 3.05) is 0 Å². The monoisotopic (exact) mass is 463 g/mol. The number of hydrogen-bond donors (Lipinski definition) is 0. The first-order chi connectivity index (χ1) is 16.1. The summed E-state index contributed by atoms with van der Waals surface area (Å²) >= 11 is 0. The molecule has 0 radical (unpaired) electrons. The highest BCUT2D eigenvalue weighted by Crippen LogP contribution is 2.52. The molecule has 0 N–H and O–H groups in total. The van der Waals surface area contributed by atoms with Crippen LogP contribution in [0, 0.1) is 20.8 Å². The second-order valence-corrected chi connectivity index (χ2v) is 9.07. The number of aromatic nitrogens is 1. The summed E-state index contributed by atoms with van der Waals surface area (Å²) in [6, 6.07) is 12.0. The van der Waals surface area contributed by atoms with Crippen LogP contribution in [0.2, 0.25) is 0 Å². The first-order valence-corrected chi connectivity index (χ1v) is 11.1. The van der Waals surface area contributed by atoms with Gasteiger partial charge in [0.05, 0.1) is 11.1 Å². The van der Waals surface area contributed by atoms with E-state index >= 15 is 0 Å². The Kier molecular flexibility index (Phi) is 5.04. The van der Waals surface area contributed by atoms with Crippen LogP contribution in [0.1, 0.15) is 51.1 Å².